The van der Waals surface area contributed by atoms with Gasteiger partial charge in [-0.15, -0.1) is 15.0 Å². The van der Waals surface area contributed by atoms with Gasteiger partial charge in [0.05, 0.1) is 33.4 Å². The molecule has 0 aliphatic rings. The zero-order chi connectivity index (χ0) is 24.8. The van der Waals surface area contributed by atoms with Gasteiger partial charge in [0, 0.05) is 11.3 Å². The summed E-state index contributed by atoms with van der Waals surface area (Å²) >= 11 is 0. The molecule has 35 heavy (non-hydrogen) atoms. The van der Waals surface area contributed by atoms with Crippen molar-refractivity contribution < 1.29 is 24.6 Å². The quantitative estimate of drug-likeness (QED) is 0.303. The molecule has 9 heteroatoms. The van der Waals surface area contributed by atoms with Crippen LogP contribution in [0.4, 0.5) is 5.69 Å². The highest BCUT2D eigenvalue weighted by atomic mass is 16.3. The lowest BCUT2D eigenvalue weighted by molar-refractivity contribution is -0.908. The number of benzene rings is 3. The number of aromatic nitrogens is 3. The number of phenolic OH excluding ortho intramolecular Hbond substituents is 1. The lowest BCUT2D eigenvalue weighted by Crippen LogP contribution is -2.52. The zero-order valence-electron chi connectivity index (χ0n) is 19.7. The van der Waals surface area contributed by atoms with E-state index in [9.17, 15) is 20.1 Å². The molecule has 9 nitrogen and oxygen atoms in total. The Hall–Kier alpha value is -3.79. The second-order valence-electron chi connectivity index (χ2n) is 8.71. The topological polar surface area (TPSA) is 112 Å². The van der Waals surface area contributed by atoms with Crippen molar-refractivity contribution in [2.45, 2.75) is 0 Å². The van der Waals surface area contributed by atoms with Gasteiger partial charge in [0.2, 0.25) is 0 Å². The van der Waals surface area contributed by atoms with Crippen molar-refractivity contribution in [1.29, 1.82) is 0 Å². The highest BCUT2D eigenvalue weighted by Gasteiger charge is 2.26. The highest BCUT2D eigenvalue weighted by Crippen LogP contribution is 2.28. The van der Waals surface area contributed by atoms with Crippen molar-refractivity contribution in [3.8, 4) is 11.4 Å². The molecule has 4 rings (SSSR count). The maximum absolute atomic E-state index is 13.6. The molecule has 0 spiro atoms. The third-order valence-electron chi connectivity index (χ3n) is 6.18. The van der Waals surface area contributed by atoms with Gasteiger partial charge in [0.25, 0.3) is 5.91 Å². The second-order valence-corrected chi connectivity index (χ2v) is 8.71. The molecular formula is C26H30N5O4+. The number of hydrogen-bond acceptors (Lipinski definition) is 6. The molecule has 0 fully saturated rings. The molecule has 0 aliphatic carbocycles. The molecule has 0 atom stereocenters. The minimum absolute atomic E-state index is 0.0117. The number of carbonyl (C=O) groups is 1. The fourth-order valence-electron chi connectivity index (χ4n) is 4.05. The molecule has 4 aromatic rings. The highest BCUT2D eigenvalue weighted by molar-refractivity contribution is 6.06. The number of aromatic hydroxyl groups is 1. The molecule has 0 unspecified atom stereocenters. The van der Waals surface area contributed by atoms with E-state index in [0.717, 1.165) is 0 Å². The first-order chi connectivity index (χ1) is 16.9. The van der Waals surface area contributed by atoms with Crippen LogP contribution in [0, 0.1) is 0 Å². The number of aliphatic hydroxyl groups excluding tert-OH is 2. The van der Waals surface area contributed by atoms with Crippen LogP contribution in [0.3, 0.4) is 0 Å². The molecular weight excluding hydrogens is 446 g/mol. The van der Waals surface area contributed by atoms with E-state index in [1.54, 1.807) is 29.2 Å². The summed E-state index contributed by atoms with van der Waals surface area (Å²) in [7, 11) is 1.94. The van der Waals surface area contributed by atoms with Crippen LogP contribution >= 0.6 is 0 Å². The molecule has 0 bridgehead atoms. The van der Waals surface area contributed by atoms with Gasteiger partial charge in [-0.05, 0) is 42.5 Å². The number of nitrogens with zero attached hydrogens (tertiary/aromatic N) is 5. The molecule has 1 aromatic heterocycles. The maximum atomic E-state index is 13.6. The molecule has 0 saturated carbocycles. The molecule has 3 aromatic carbocycles. The second kappa shape index (κ2) is 10.6. The van der Waals surface area contributed by atoms with Crippen LogP contribution in [0.15, 0.2) is 72.8 Å². The summed E-state index contributed by atoms with van der Waals surface area (Å²) < 4.78 is 0.405. The van der Waals surface area contributed by atoms with Crippen LogP contribution in [-0.4, -0.2) is 87.1 Å². The Bertz CT molecular complexity index is 1250. The molecule has 0 aliphatic heterocycles. The minimum Gasteiger partial charge on any atom is -0.506 e. The van der Waals surface area contributed by atoms with Crippen LogP contribution in [0.25, 0.3) is 16.7 Å². The standard InChI is InChI=1S/C26H29N5O4/c1-31(15-17-32,16-18-33)14-13-29(26(35)20-7-3-2-4-8-20)21-11-12-25(34)24(19-21)30-27-22-9-5-6-10-23(22)28-30/h2-12,19,32-33H,13-18H2,1H3/p+1. The van der Waals surface area contributed by atoms with E-state index < -0.39 is 0 Å². The summed E-state index contributed by atoms with van der Waals surface area (Å²) in [4.78, 5) is 16.6. The third kappa shape index (κ3) is 5.48. The minimum atomic E-state index is -0.194. The van der Waals surface area contributed by atoms with Crippen molar-refractivity contribution in [3.05, 3.63) is 78.4 Å². The predicted octanol–water partition coefficient (Wildman–Crippen LogP) is 2.20. The molecule has 0 radical (unpaired) electrons. The zero-order valence-corrected chi connectivity index (χ0v) is 19.7. The van der Waals surface area contributed by atoms with E-state index in [1.807, 2.05) is 49.5 Å². The van der Waals surface area contributed by atoms with Gasteiger partial charge in [-0.25, -0.2) is 0 Å². The number of fused-ring (bicyclic) bond motifs is 1. The largest absolute Gasteiger partial charge is 0.506 e. The molecule has 1 amide bonds. The van der Waals surface area contributed by atoms with Crippen molar-refractivity contribution in [2.75, 3.05) is 51.3 Å². The van der Waals surface area contributed by atoms with Gasteiger partial charge in [-0.3, -0.25) is 4.79 Å². The summed E-state index contributed by atoms with van der Waals surface area (Å²) in [6.07, 6.45) is 0. The van der Waals surface area contributed by atoms with E-state index in [4.69, 9.17) is 0 Å². The van der Waals surface area contributed by atoms with E-state index in [2.05, 4.69) is 10.2 Å². The van der Waals surface area contributed by atoms with E-state index in [-0.39, 0.29) is 24.9 Å². The van der Waals surface area contributed by atoms with Crippen LogP contribution in [0.5, 0.6) is 5.75 Å². The Balaban J connectivity index is 1.72. The van der Waals surface area contributed by atoms with Crippen LogP contribution in [-0.2, 0) is 0 Å². The van der Waals surface area contributed by atoms with Crippen molar-refractivity contribution in [2.24, 2.45) is 0 Å². The Morgan fingerprint density at radius 2 is 1.49 bits per heavy atom. The first-order valence-corrected chi connectivity index (χ1v) is 11.5. The van der Waals surface area contributed by atoms with Gasteiger partial charge < -0.3 is 24.7 Å². The Morgan fingerprint density at radius 1 is 0.886 bits per heavy atom. The van der Waals surface area contributed by atoms with Crippen LogP contribution in [0.2, 0.25) is 0 Å². The van der Waals surface area contributed by atoms with Crippen LogP contribution in [0.1, 0.15) is 10.4 Å². The van der Waals surface area contributed by atoms with Gasteiger partial charge in [0.15, 0.2) is 0 Å². The number of phenols is 1. The Morgan fingerprint density at radius 3 is 2.09 bits per heavy atom. The van der Waals surface area contributed by atoms with Crippen molar-refractivity contribution in [3.63, 3.8) is 0 Å². The van der Waals surface area contributed by atoms with E-state index >= 15 is 0 Å². The number of hydrogen-bond donors (Lipinski definition) is 3. The summed E-state index contributed by atoms with van der Waals surface area (Å²) in [6.45, 7) is 1.72. The first kappa shape index (κ1) is 24.3. The summed E-state index contributed by atoms with van der Waals surface area (Å²) in [5, 5.41) is 38.6. The fraction of sp³-hybridized carbons (Fsp3) is 0.269. The van der Waals surface area contributed by atoms with Gasteiger partial charge in [0.1, 0.15) is 35.6 Å². The number of aliphatic hydroxyl groups is 2. The average molecular weight is 477 g/mol. The SMILES string of the molecule is C[N+](CCO)(CCO)CCN(C(=O)c1ccccc1)c1ccc(O)c(-n2nc3ccccc3n2)c1. The summed E-state index contributed by atoms with van der Waals surface area (Å²) in [5.74, 6) is -0.206. The smallest absolute Gasteiger partial charge is 0.258 e. The average Bonchev–Trinajstić information content (AvgIpc) is 3.30. The first-order valence-electron chi connectivity index (χ1n) is 11.5. The number of likely N-dealkylation sites (N-methyl/N-ethyl adjacent to an activating group) is 1. The number of carbonyl (C=O) groups excluding carboxylic acids is 1. The lowest BCUT2D eigenvalue weighted by atomic mass is 10.1. The Kier molecular flexibility index (Phi) is 7.40. The van der Waals surface area contributed by atoms with Gasteiger partial charge in [-0.2, -0.15) is 0 Å². The normalized spacial score (nSPS) is 11.6. The number of anilines is 1. The van der Waals surface area contributed by atoms with E-state index in [0.29, 0.717) is 58.6 Å². The van der Waals surface area contributed by atoms with Crippen molar-refractivity contribution in [1.82, 2.24) is 15.0 Å². The number of quaternary nitrogens is 1. The third-order valence-corrected chi connectivity index (χ3v) is 6.18. The van der Waals surface area contributed by atoms with Crippen molar-refractivity contribution >= 4 is 22.6 Å². The van der Waals surface area contributed by atoms with Gasteiger partial charge >= 0.3 is 0 Å². The van der Waals surface area contributed by atoms with Gasteiger partial charge in [-0.1, -0.05) is 30.3 Å². The fourth-order valence-corrected chi connectivity index (χ4v) is 4.05. The number of rotatable bonds is 10. The molecule has 0 saturated heterocycles. The Labute approximate surface area is 203 Å². The predicted molar refractivity (Wildman–Crippen MR) is 134 cm³/mol. The number of amides is 1. The summed E-state index contributed by atoms with van der Waals surface area (Å²) in [5.41, 5.74) is 2.84. The molecule has 1 heterocycles. The van der Waals surface area contributed by atoms with E-state index in [1.165, 1.54) is 10.9 Å². The molecule has 3 N–H and O–H groups in total. The summed E-state index contributed by atoms with van der Waals surface area (Å²) in [6, 6.07) is 21.3. The monoisotopic (exact) mass is 476 g/mol. The lowest BCUT2D eigenvalue weighted by Gasteiger charge is -2.35. The molecule has 182 valence electrons. The maximum Gasteiger partial charge on any atom is 0.258 e. The van der Waals surface area contributed by atoms with Crippen LogP contribution < -0.4 is 4.90 Å².